The van der Waals surface area contributed by atoms with Crippen LogP contribution in [0.1, 0.15) is 20.7 Å². The lowest BCUT2D eigenvalue weighted by Crippen LogP contribution is -2.52. The highest BCUT2D eigenvalue weighted by Crippen LogP contribution is 2.37. The maximum absolute atomic E-state index is 12.1. The van der Waals surface area contributed by atoms with Crippen LogP contribution in [0.25, 0.3) is 0 Å². The molecule has 1 aliphatic rings. The van der Waals surface area contributed by atoms with Crippen molar-refractivity contribution in [1.29, 1.82) is 0 Å². The summed E-state index contributed by atoms with van der Waals surface area (Å²) in [5.41, 5.74) is -3.36. The fourth-order valence-corrected chi connectivity index (χ4v) is 3.06. The topological polar surface area (TPSA) is 244 Å². The maximum Gasteiger partial charge on any atom is 0.338 e. The molecule has 0 bridgehead atoms. The van der Waals surface area contributed by atoms with Crippen molar-refractivity contribution in [3.8, 4) is 34.5 Å². The average molecular weight is 484 g/mol. The number of aliphatic hydroxyl groups excluding tert-OH is 2. The van der Waals surface area contributed by atoms with E-state index in [-0.39, 0.29) is 5.56 Å². The Morgan fingerprint density at radius 1 is 0.794 bits per heavy atom. The molecule has 0 aliphatic carbocycles. The van der Waals surface area contributed by atoms with Crippen LogP contribution in [0, 0.1) is 0 Å². The number of esters is 2. The first-order chi connectivity index (χ1) is 15.8. The van der Waals surface area contributed by atoms with Crippen LogP contribution >= 0.6 is 0 Å². The maximum atomic E-state index is 12.1. The number of hydrogen-bond donors (Lipinski definition) is 9. The van der Waals surface area contributed by atoms with Crippen molar-refractivity contribution in [3.63, 3.8) is 0 Å². The Labute approximate surface area is 189 Å². The number of aromatic hydroxyl groups is 6. The lowest BCUT2D eigenvalue weighted by molar-refractivity contribution is -0.191. The molecule has 4 atom stereocenters. The smallest absolute Gasteiger partial charge is 0.338 e. The Kier molecular flexibility index (Phi) is 6.60. The van der Waals surface area contributed by atoms with E-state index in [1.165, 1.54) is 0 Å². The molecule has 0 aromatic heterocycles. The van der Waals surface area contributed by atoms with Gasteiger partial charge in [0.05, 0.1) is 11.1 Å². The van der Waals surface area contributed by atoms with E-state index < -0.39 is 89.3 Å². The first kappa shape index (κ1) is 24.7. The van der Waals surface area contributed by atoms with E-state index in [9.17, 15) is 55.5 Å². The van der Waals surface area contributed by atoms with Gasteiger partial charge in [-0.1, -0.05) is 0 Å². The van der Waals surface area contributed by atoms with Gasteiger partial charge in [-0.05, 0) is 24.3 Å². The molecule has 184 valence electrons. The number of aliphatic hydroxyl groups is 3. The molecule has 0 radical (unpaired) electrons. The molecule has 3 rings (SSSR count). The van der Waals surface area contributed by atoms with E-state index in [0.29, 0.717) is 0 Å². The van der Waals surface area contributed by atoms with Crippen LogP contribution in [-0.4, -0.2) is 95.2 Å². The third kappa shape index (κ3) is 4.55. The molecule has 9 N–H and O–H groups in total. The molecule has 1 aliphatic heterocycles. The number of hydrogen-bond acceptors (Lipinski definition) is 14. The molecule has 1 heterocycles. The molecule has 0 spiro atoms. The van der Waals surface area contributed by atoms with E-state index in [4.69, 9.17) is 14.2 Å². The number of ether oxygens (including phenoxy) is 3. The minimum Gasteiger partial charge on any atom is -0.504 e. The van der Waals surface area contributed by atoms with Crippen molar-refractivity contribution in [3.05, 3.63) is 35.4 Å². The van der Waals surface area contributed by atoms with E-state index >= 15 is 0 Å². The van der Waals surface area contributed by atoms with Crippen LogP contribution in [-0.2, 0) is 14.2 Å². The highest BCUT2D eigenvalue weighted by molar-refractivity contribution is 5.91. The van der Waals surface area contributed by atoms with Crippen molar-refractivity contribution < 1.29 is 69.8 Å². The summed E-state index contributed by atoms with van der Waals surface area (Å²) in [5, 5.41) is 87.4. The third-order valence-electron chi connectivity index (χ3n) is 5.02. The lowest BCUT2D eigenvalue weighted by atomic mass is 9.96. The van der Waals surface area contributed by atoms with Crippen LogP contribution in [0.4, 0.5) is 0 Å². The second kappa shape index (κ2) is 9.11. The SMILES string of the molecule is O=C(OC[C@@H]1O[C@@H](O)[C@@](O)(COC(=O)c2cc(O)c(O)c(O)c2)[C@@H]1O)c1cc(O)c(O)c(O)c1. The Morgan fingerprint density at radius 2 is 1.21 bits per heavy atom. The van der Waals surface area contributed by atoms with Gasteiger partial charge in [-0.2, -0.15) is 0 Å². The summed E-state index contributed by atoms with van der Waals surface area (Å²) in [4.78, 5) is 24.2. The Bertz CT molecular complexity index is 1070. The summed E-state index contributed by atoms with van der Waals surface area (Å²) in [6, 6.07) is 3.13. The van der Waals surface area contributed by atoms with Crippen molar-refractivity contribution in [2.75, 3.05) is 13.2 Å². The molecule has 0 saturated carbocycles. The summed E-state index contributed by atoms with van der Waals surface area (Å²) >= 11 is 0. The fraction of sp³-hybridized carbons (Fsp3) is 0.300. The third-order valence-corrected chi connectivity index (χ3v) is 5.02. The van der Waals surface area contributed by atoms with Crippen molar-refractivity contribution in [1.82, 2.24) is 0 Å². The van der Waals surface area contributed by atoms with Crippen LogP contribution in [0.2, 0.25) is 0 Å². The van der Waals surface area contributed by atoms with E-state index in [1.807, 2.05) is 0 Å². The number of phenolic OH excluding ortho intramolecular Hbond substituents is 6. The van der Waals surface area contributed by atoms with Gasteiger partial charge >= 0.3 is 11.9 Å². The van der Waals surface area contributed by atoms with E-state index in [0.717, 1.165) is 24.3 Å². The van der Waals surface area contributed by atoms with Gasteiger partial charge in [0.15, 0.2) is 46.4 Å². The quantitative estimate of drug-likeness (QED) is 0.172. The van der Waals surface area contributed by atoms with Crippen molar-refractivity contribution in [2.24, 2.45) is 0 Å². The normalized spacial score (nSPS) is 24.0. The molecule has 2 aromatic carbocycles. The van der Waals surface area contributed by atoms with Gasteiger partial charge in [0.25, 0.3) is 0 Å². The molecule has 0 amide bonds. The van der Waals surface area contributed by atoms with Crippen molar-refractivity contribution >= 4 is 11.9 Å². The number of rotatable bonds is 6. The molecular weight excluding hydrogens is 464 g/mol. The van der Waals surface area contributed by atoms with Crippen LogP contribution in [0.15, 0.2) is 24.3 Å². The number of benzene rings is 2. The predicted molar refractivity (Wildman–Crippen MR) is 105 cm³/mol. The minimum absolute atomic E-state index is 0.370. The molecule has 14 nitrogen and oxygen atoms in total. The summed E-state index contributed by atoms with van der Waals surface area (Å²) in [7, 11) is 0. The highest BCUT2D eigenvalue weighted by atomic mass is 16.7. The average Bonchev–Trinajstić information content (AvgIpc) is 3.00. The Hall–Kier alpha value is -3.98. The van der Waals surface area contributed by atoms with Gasteiger partial charge in [0, 0.05) is 0 Å². The molecule has 1 saturated heterocycles. The molecule has 14 heteroatoms. The van der Waals surface area contributed by atoms with Gasteiger partial charge < -0.3 is 60.2 Å². The fourth-order valence-electron chi connectivity index (χ4n) is 3.06. The van der Waals surface area contributed by atoms with Gasteiger partial charge in [0.1, 0.15) is 25.4 Å². The zero-order valence-electron chi connectivity index (χ0n) is 17.0. The summed E-state index contributed by atoms with van der Waals surface area (Å²) in [6.07, 6.45) is -5.53. The monoisotopic (exact) mass is 484 g/mol. The minimum atomic E-state index is -2.57. The first-order valence-corrected chi connectivity index (χ1v) is 9.43. The van der Waals surface area contributed by atoms with Gasteiger partial charge in [-0.25, -0.2) is 9.59 Å². The largest absolute Gasteiger partial charge is 0.504 e. The first-order valence-electron chi connectivity index (χ1n) is 9.43. The number of phenols is 6. The number of carbonyl (C=O) groups excluding carboxylic acids is 2. The van der Waals surface area contributed by atoms with E-state index in [1.54, 1.807) is 0 Å². The van der Waals surface area contributed by atoms with Crippen LogP contribution in [0.5, 0.6) is 34.5 Å². The zero-order chi connectivity index (χ0) is 25.4. The second-order valence-corrected chi connectivity index (χ2v) is 7.36. The van der Waals surface area contributed by atoms with Gasteiger partial charge in [-0.15, -0.1) is 0 Å². The molecule has 34 heavy (non-hydrogen) atoms. The van der Waals surface area contributed by atoms with Crippen LogP contribution in [0.3, 0.4) is 0 Å². The summed E-state index contributed by atoms with van der Waals surface area (Å²) in [6.45, 7) is -1.75. The molecule has 0 unspecified atom stereocenters. The standard InChI is InChI=1S/C20H20O14/c21-9-1-7(2-10(22)14(9)25)17(28)32-5-13-16(27)20(31,19(30)34-13)6-33-18(29)8-3-11(23)15(26)12(24)4-8/h1-4,13,16,19,21-27,30-31H,5-6H2/t13-,16+,19+,20+/m0/s1. The summed E-state index contributed by atoms with van der Waals surface area (Å²) in [5.74, 6) is -7.31. The molecule has 2 aromatic rings. The van der Waals surface area contributed by atoms with Gasteiger partial charge in [0.2, 0.25) is 0 Å². The van der Waals surface area contributed by atoms with E-state index in [2.05, 4.69) is 0 Å². The highest BCUT2D eigenvalue weighted by Gasteiger charge is 2.56. The Balaban J connectivity index is 1.63. The second-order valence-electron chi connectivity index (χ2n) is 7.36. The van der Waals surface area contributed by atoms with Crippen molar-refractivity contribution in [2.45, 2.75) is 24.1 Å². The van der Waals surface area contributed by atoms with Crippen LogP contribution < -0.4 is 0 Å². The van der Waals surface area contributed by atoms with Gasteiger partial charge in [-0.3, -0.25) is 0 Å². The zero-order valence-corrected chi connectivity index (χ0v) is 17.0. The molecular formula is C20H20O14. The molecule has 1 fully saturated rings. The summed E-state index contributed by atoms with van der Waals surface area (Å²) < 4.78 is 14.6. The predicted octanol–water partition coefficient (Wildman–Crippen LogP) is -1.26. The lowest BCUT2D eigenvalue weighted by Gasteiger charge is -2.27. The Morgan fingerprint density at radius 3 is 1.65 bits per heavy atom. The number of carbonyl (C=O) groups is 2.